The summed E-state index contributed by atoms with van der Waals surface area (Å²) in [6.07, 6.45) is 5.43. The van der Waals surface area contributed by atoms with E-state index in [1.165, 1.54) is 0 Å². The highest BCUT2D eigenvalue weighted by Crippen LogP contribution is 2.24. The average molecular weight is 279 g/mol. The van der Waals surface area contributed by atoms with Crippen molar-refractivity contribution in [1.29, 1.82) is 0 Å². The average Bonchev–Trinajstić information content (AvgIpc) is 3.03. The molecule has 0 atom stereocenters. The highest BCUT2D eigenvalue weighted by molar-refractivity contribution is 5.61. The first-order valence-corrected chi connectivity index (χ1v) is 6.84. The number of para-hydroxylation sites is 3. The van der Waals surface area contributed by atoms with Crippen molar-refractivity contribution in [3.63, 3.8) is 0 Å². The van der Waals surface area contributed by atoms with Crippen LogP contribution in [0.4, 0.5) is 5.69 Å². The minimum Gasteiger partial charge on any atom is -0.507 e. The quantitative estimate of drug-likeness (QED) is 0.768. The van der Waals surface area contributed by atoms with E-state index in [9.17, 15) is 5.11 Å². The molecule has 4 nitrogen and oxygen atoms in total. The summed E-state index contributed by atoms with van der Waals surface area (Å²) in [5, 5.41) is 13.5. The van der Waals surface area contributed by atoms with Gasteiger partial charge in [0.05, 0.1) is 17.7 Å². The maximum atomic E-state index is 10.1. The van der Waals surface area contributed by atoms with Gasteiger partial charge in [0.15, 0.2) is 0 Å². The molecule has 0 fully saturated rings. The van der Waals surface area contributed by atoms with Crippen molar-refractivity contribution >= 4 is 5.69 Å². The number of hydrogen-bond donors (Lipinski definition) is 2. The number of benzene rings is 2. The number of aryl methyl sites for hydroxylation is 1. The molecule has 0 aliphatic heterocycles. The number of rotatable bonds is 4. The van der Waals surface area contributed by atoms with Crippen LogP contribution in [0.5, 0.6) is 5.75 Å². The summed E-state index contributed by atoms with van der Waals surface area (Å²) in [7, 11) is 0. The molecule has 0 radical (unpaired) electrons. The van der Waals surface area contributed by atoms with Crippen molar-refractivity contribution in [2.24, 2.45) is 0 Å². The molecule has 3 aromatic rings. The fourth-order valence-corrected chi connectivity index (χ4v) is 2.30. The smallest absolute Gasteiger partial charge is 0.123 e. The van der Waals surface area contributed by atoms with Gasteiger partial charge in [-0.05, 0) is 24.6 Å². The monoisotopic (exact) mass is 279 g/mol. The van der Waals surface area contributed by atoms with E-state index in [1.807, 2.05) is 60.2 Å². The molecule has 21 heavy (non-hydrogen) atoms. The van der Waals surface area contributed by atoms with Gasteiger partial charge < -0.3 is 15.0 Å². The van der Waals surface area contributed by atoms with E-state index in [1.54, 1.807) is 12.5 Å². The topological polar surface area (TPSA) is 50.1 Å². The third-order valence-electron chi connectivity index (χ3n) is 3.48. The number of phenolic OH excluding ortho intramolecular Hbond substituents is 1. The number of aromatic nitrogens is 2. The molecule has 1 heterocycles. The number of nitrogens with one attached hydrogen (secondary N) is 1. The van der Waals surface area contributed by atoms with Crippen molar-refractivity contribution in [2.75, 3.05) is 5.32 Å². The van der Waals surface area contributed by atoms with Gasteiger partial charge in [-0.15, -0.1) is 0 Å². The molecule has 0 bridgehead atoms. The van der Waals surface area contributed by atoms with Crippen molar-refractivity contribution in [1.82, 2.24) is 9.55 Å². The number of imidazole rings is 1. The number of hydrogen-bond acceptors (Lipinski definition) is 3. The number of phenols is 1. The molecule has 0 aliphatic carbocycles. The second-order valence-electron chi connectivity index (χ2n) is 4.92. The molecule has 106 valence electrons. The zero-order valence-corrected chi connectivity index (χ0v) is 11.8. The minimum atomic E-state index is 0.352. The Morgan fingerprint density at radius 1 is 1.14 bits per heavy atom. The van der Waals surface area contributed by atoms with E-state index in [4.69, 9.17) is 0 Å². The first-order valence-electron chi connectivity index (χ1n) is 6.84. The molecule has 0 saturated carbocycles. The summed E-state index contributed by atoms with van der Waals surface area (Å²) in [5.41, 5.74) is 3.80. The SMILES string of the molecule is Cc1cccc(CNc2ccccc2-n2ccnc2)c1O. The lowest BCUT2D eigenvalue weighted by Gasteiger charge is -2.13. The van der Waals surface area contributed by atoms with Crippen LogP contribution in [-0.4, -0.2) is 14.7 Å². The summed E-state index contributed by atoms with van der Waals surface area (Å²) in [5.74, 6) is 0.352. The third-order valence-corrected chi connectivity index (χ3v) is 3.48. The van der Waals surface area contributed by atoms with Crippen LogP contribution in [0, 0.1) is 6.92 Å². The van der Waals surface area contributed by atoms with Crippen LogP contribution in [0.3, 0.4) is 0 Å². The zero-order chi connectivity index (χ0) is 14.7. The Morgan fingerprint density at radius 2 is 2.00 bits per heavy atom. The Labute approximate surface area is 123 Å². The van der Waals surface area contributed by atoms with Crippen LogP contribution >= 0.6 is 0 Å². The highest BCUT2D eigenvalue weighted by Gasteiger charge is 2.06. The second-order valence-corrected chi connectivity index (χ2v) is 4.92. The summed E-state index contributed by atoms with van der Waals surface area (Å²) in [6.45, 7) is 2.47. The normalized spacial score (nSPS) is 10.5. The molecule has 0 spiro atoms. The zero-order valence-electron chi connectivity index (χ0n) is 11.8. The summed E-state index contributed by atoms with van der Waals surface area (Å²) in [4.78, 5) is 4.08. The summed E-state index contributed by atoms with van der Waals surface area (Å²) >= 11 is 0. The molecular weight excluding hydrogens is 262 g/mol. The van der Waals surface area contributed by atoms with E-state index in [0.29, 0.717) is 12.3 Å². The van der Waals surface area contributed by atoms with Crippen molar-refractivity contribution in [3.8, 4) is 11.4 Å². The van der Waals surface area contributed by atoms with E-state index < -0.39 is 0 Å². The van der Waals surface area contributed by atoms with Crippen LogP contribution < -0.4 is 5.32 Å². The molecule has 1 aromatic heterocycles. The van der Waals surface area contributed by atoms with Crippen molar-refractivity contribution in [3.05, 3.63) is 72.3 Å². The number of aromatic hydroxyl groups is 1. The molecule has 0 aliphatic rings. The predicted molar refractivity (Wildman–Crippen MR) is 83.7 cm³/mol. The van der Waals surface area contributed by atoms with Gasteiger partial charge in [0, 0.05) is 24.5 Å². The predicted octanol–water partition coefficient (Wildman–Crippen LogP) is 3.50. The van der Waals surface area contributed by atoms with Gasteiger partial charge in [-0.3, -0.25) is 0 Å². The van der Waals surface area contributed by atoms with Gasteiger partial charge >= 0.3 is 0 Å². The number of nitrogens with zero attached hydrogens (tertiary/aromatic N) is 2. The standard InChI is InChI=1S/C17H17N3O/c1-13-5-4-6-14(17(13)21)11-19-15-7-2-3-8-16(15)20-10-9-18-12-20/h2-10,12,19,21H,11H2,1H3. The summed E-state index contributed by atoms with van der Waals surface area (Å²) < 4.78 is 1.96. The van der Waals surface area contributed by atoms with Crippen LogP contribution in [0.1, 0.15) is 11.1 Å². The Hall–Kier alpha value is -2.75. The lowest BCUT2D eigenvalue weighted by atomic mass is 10.1. The van der Waals surface area contributed by atoms with Crippen LogP contribution in [0.15, 0.2) is 61.2 Å². The molecule has 0 unspecified atom stereocenters. The second kappa shape index (κ2) is 5.71. The first kappa shape index (κ1) is 13.2. The van der Waals surface area contributed by atoms with Crippen LogP contribution in [-0.2, 0) is 6.54 Å². The first-order chi connectivity index (χ1) is 10.3. The van der Waals surface area contributed by atoms with Gasteiger partial charge in [0.25, 0.3) is 0 Å². The maximum Gasteiger partial charge on any atom is 0.123 e. The lowest BCUT2D eigenvalue weighted by molar-refractivity contribution is 0.465. The highest BCUT2D eigenvalue weighted by atomic mass is 16.3. The Balaban J connectivity index is 1.85. The van der Waals surface area contributed by atoms with Crippen molar-refractivity contribution < 1.29 is 5.11 Å². The molecular formula is C17H17N3O. The molecule has 0 amide bonds. The number of anilines is 1. The van der Waals surface area contributed by atoms with Gasteiger partial charge in [0.2, 0.25) is 0 Å². The lowest BCUT2D eigenvalue weighted by Crippen LogP contribution is -2.04. The molecule has 3 rings (SSSR count). The molecule has 2 aromatic carbocycles. The largest absolute Gasteiger partial charge is 0.507 e. The fourth-order valence-electron chi connectivity index (χ4n) is 2.30. The van der Waals surface area contributed by atoms with E-state index in [2.05, 4.69) is 10.3 Å². The van der Waals surface area contributed by atoms with E-state index in [-0.39, 0.29) is 0 Å². The Kier molecular flexibility index (Phi) is 3.60. The van der Waals surface area contributed by atoms with Gasteiger partial charge in [-0.25, -0.2) is 4.98 Å². The van der Waals surface area contributed by atoms with Gasteiger partial charge in [-0.1, -0.05) is 30.3 Å². The minimum absolute atomic E-state index is 0.352. The summed E-state index contributed by atoms with van der Waals surface area (Å²) in [6, 6.07) is 13.8. The Bertz CT molecular complexity index is 736. The van der Waals surface area contributed by atoms with Gasteiger partial charge in [-0.2, -0.15) is 0 Å². The molecule has 2 N–H and O–H groups in total. The molecule has 0 saturated heterocycles. The molecule has 4 heteroatoms. The Morgan fingerprint density at radius 3 is 2.81 bits per heavy atom. The third kappa shape index (κ3) is 2.74. The van der Waals surface area contributed by atoms with E-state index in [0.717, 1.165) is 22.5 Å². The van der Waals surface area contributed by atoms with Crippen LogP contribution in [0.2, 0.25) is 0 Å². The van der Waals surface area contributed by atoms with Crippen molar-refractivity contribution in [2.45, 2.75) is 13.5 Å². The van der Waals surface area contributed by atoms with E-state index >= 15 is 0 Å². The maximum absolute atomic E-state index is 10.1. The van der Waals surface area contributed by atoms with Crippen LogP contribution in [0.25, 0.3) is 5.69 Å². The fraction of sp³-hybridized carbons (Fsp3) is 0.118. The van der Waals surface area contributed by atoms with Gasteiger partial charge in [0.1, 0.15) is 5.75 Å².